The number of hydrogen-bond acceptors (Lipinski definition) is 5. The zero-order chi connectivity index (χ0) is 15.5. The van der Waals surface area contributed by atoms with Crippen LogP contribution in [0, 0.1) is 0 Å². The number of rotatable bonds is 6. The van der Waals surface area contributed by atoms with E-state index in [-0.39, 0.29) is 29.0 Å². The molecule has 1 aliphatic rings. The van der Waals surface area contributed by atoms with Crippen molar-refractivity contribution in [1.29, 1.82) is 0 Å². The molecule has 0 unspecified atom stereocenters. The lowest BCUT2D eigenvalue weighted by atomic mass is 9.95. The van der Waals surface area contributed by atoms with Gasteiger partial charge >= 0.3 is 5.97 Å². The molecule has 0 bridgehead atoms. The van der Waals surface area contributed by atoms with Crippen LogP contribution >= 0.6 is 11.3 Å². The summed E-state index contributed by atoms with van der Waals surface area (Å²) in [5.74, 6) is -1.13. The predicted octanol–water partition coefficient (Wildman–Crippen LogP) is 1.76. The number of aromatic carboxylic acids is 1. The van der Waals surface area contributed by atoms with E-state index in [0.29, 0.717) is 0 Å². The first kappa shape index (κ1) is 16.4. The fourth-order valence-electron chi connectivity index (χ4n) is 2.67. The Kier molecular flexibility index (Phi) is 5.37. The van der Waals surface area contributed by atoms with Gasteiger partial charge in [0.1, 0.15) is 4.88 Å². The molecule has 1 heterocycles. The Bertz CT molecular complexity index is 589. The van der Waals surface area contributed by atoms with Gasteiger partial charge in [0.2, 0.25) is 10.0 Å². The summed E-state index contributed by atoms with van der Waals surface area (Å²) in [6.07, 6.45) is 4.63. The third kappa shape index (κ3) is 3.63. The van der Waals surface area contributed by atoms with Crippen LogP contribution in [0.15, 0.2) is 16.3 Å². The number of carbonyl (C=O) groups is 1. The highest BCUT2D eigenvalue weighted by molar-refractivity contribution is 7.89. The first-order valence-corrected chi connectivity index (χ1v) is 9.23. The SMILES string of the molecule is O=C(O)c1cc(S(=O)(=O)N(CCO)C2CCCCC2)cs1. The molecule has 0 spiro atoms. The number of aliphatic hydroxyl groups excluding tert-OH is 1. The second-order valence-corrected chi connectivity index (χ2v) is 7.88. The average Bonchev–Trinajstić information content (AvgIpc) is 2.96. The molecular weight excluding hydrogens is 314 g/mol. The molecule has 118 valence electrons. The molecule has 1 aromatic heterocycles. The zero-order valence-corrected chi connectivity index (χ0v) is 13.2. The quantitative estimate of drug-likeness (QED) is 0.827. The molecule has 1 aromatic rings. The lowest BCUT2D eigenvalue weighted by molar-refractivity contribution is 0.0702. The third-order valence-electron chi connectivity index (χ3n) is 3.70. The molecule has 6 nitrogen and oxygen atoms in total. The molecule has 0 radical (unpaired) electrons. The number of sulfonamides is 1. The number of nitrogens with zero attached hydrogens (tertiary/aromatic N) is 1. The highest BCUT2D eigenvalue weighted by atomic mass is 32.2. The van der Waals surface area contributed by atoms with E-state index in [1.807, 2.05) is 0 Å². The molecule has 2 rings (SSSR count). The summed E-state index contributed by atoms with van der Waals surface area (Å²) in [6, 6.07) is 1.08. The fourth-order valence-corrected chi connectivity index (χ4v) is 5.44. The standard InChI is InChI=1S/C13H19NO5S2/c15-7-6-14(10-4-2-1-3-5-10)21(18,19)11-8-12(13(16)17)20-9-11/h8-10,15H,1-7H2,(H,16,17). The molecule has 1 aliphatic carbocycles. The van der Waals surface area contributed by atoms with Crippen molar-refractivity contribution in [2.45, 2.75) is 43.0 Å². The minimum Gasteiger partial charge on any atom is -0.477 e. The van der Waals surface area contributed by atoms with Crippen molar-refractivity contribution in [3.05, 3.63) is 16.3 Å². The molecule has 0 saturated heterocycles. The molecular formula is C13H19NO5S2. The van der Waals surface area contributed by atoms with Gasteiger partial charge in [0.15, 0.2) is 0 Å². The van der Waals surface area contributed by atoms with Crippen LogP contribution < -0.4 is 0 Å². The van der Waals surface area contributed by atoms with Gasteiger partial charge in [-0.3, -0.25) is 0 Å². The van der Waals surface area contributed by atoms with Gasteiger partial charge in [0.05, 0.1) is 11.5 Å². The van der Waals surface area contributed by atoms with Crippen LogP contribution in [-0.2, 0) is 10.0 Å². The minimum absolute atomic E-state index is 0.00108. The lowest BCUT2D eigenvalue weighted by Gasteiger charge is -2.32. The molecule has 0 aliphatic heterocycles. The van der Waals surface area contributed by atoms with E-state index in [1.165, 1.54) is 15.8 Å². The molecule has 8 heteroatoms. The Balaban J connectivity index is 2.29. The van der Waals surface area contributed by atoms with E-state index in [9.17, 15) is 18.3 Å². The number of thiophene rings is 1. The van der Waals surface area contributed by atoms with Crippen LogP contribution in [0.5, 0.6) is 0 Å². The zero-order valence-electron chi connectivity index (χ0n) is 11.6. The Hall–Kier alpha value is -0.960. The smallest absolute Gasteiger partial charge is 0.345 e. The normalized spacial score (nSPS) is 17.2. The first-order valence-electron chi connectivity index (χ1n) is 6.91. The summed E-state index contributed by atoms with van der Waals surface area (Å²) in [5.41, 5.74) is 0. The second-order valence-electron chi connectivity index (χ2n) is 5.08. The van der Waals surface area contributed by atoms with Crippen LogP contribution in [0.3, 0.4) is 0 Å². The maximum absolute atomic E-state index is 12.7. The summed E-state index contributed by atoms with van der Waals surface area (Å²) in [7, 11) is -3.76. The van der Waals surface area contributed by atoms with Crippen molar-refractivity contribution < 1.29 is 23.4 Å². The van der Waals surface area contributed by atoms with Crippen molar-refractivity contribution in [3.8, 4) is 0 Å². The van der Waals surface area contributed by atoms with Gasteiger partial charge in [-0.15, -0.1) is 11.3 Å². The Morgan fingerprint density at radius 2 is 2.00 bits per heavy atom. The number of carboxylic acid groups (broad SMARTS) is 1. The number of carboxylic acids is 1. The van der Waals surface area contributed by atoms with Crippen LogP contribution in [0.2, 0.25) is 0 Å². The predicted molar refractivity (Wildman–Crippen MR) is 79.1 cm³/mol. The van der Waals surface area contributed by atoms with Crippen LogP contribution in [-0.4, -0.2) is 48.1 Å². The highest BCUT2D eigenvalue weighted by Crippen LogP contribution is 2.29. The maximum Gasteiger partial charge on any atom is 0.345 e. The van der Waals surface area contributed by atoms with Crippen LogP contribution in [0.4, 0.5) is 0 Å². The van der Waals surface area contributed by atoms with Crippen molar-refractivity contribution in [3.63, 3.8) is 0 Å². The van der Waals surface area contributed by atoms with E-state index in [0.717, 1.165) is 43.4 Å². The maximum atomic E-state index is 12.7. The van der Waals surface area contributed by atoms with Crippen molar-refractivity contribution in [1.82, 2.24) is 4.31 Å². The van der Waals surface area contributed by atoms with Gasteiger partial charge in [-0.25, -0.2) is 13.2 Å². The van der Waals surface area contributed by atoms with E-state index in [4.69, 9.17) is 5.11 Å². The summed E-state index contributed by atoms with van der Waals surface area (Å²) in [5, 5.41) is 19.4. The summed E-state index contributed by atoms with van der Waals surface area (Å²) < 4.78 is 26.7. The van der Waals surface area contributed by atoms with E-state index >= 15 is 0 Å². The van der Waals surface area contributed by atoms with Crippen LogP contribution in [0.1, 0.15) is 41.8 Å². The molecule has 0 amide bonds. The van der Waals surface area contributed by atoms with E-state index in [2.05, 4.69) is 0 Å². The topological polar surface area (TPSA) is 94.9 Å². The van der Waals surface area contributed by atoms with Crippen LogP contribution in [0.25, 0.3) is 0 Å². The largest absolute Gasteiger partial charge is 0.477 e. The Labute approximate surface area is 128 Å². The molecule has 0 atom stereocenters. The van der Waals surface area contributed by atoms with Gasteiger partial charge in [-0.05, 0) is 18.9 Å². The minimum atomic E-state index is -3.76. The second kappa shape index (κ2) is 6.87. The van der Waals surface area contributed by atoms with Gasteiger partial charge in [0, 0.05) is 18.0 Å². The molecule has 0 aromatic carbocycles. The van der Waals surface area contributed by atoms with Gasteiger partial charge in [0.25, 0.3) is 0 Å². The monoisotopic (exact) mass is 333 g/mol. The van der Waals surface area contributed by atoms with Crippen molar-refractivity contribution >= 4 is 27.3 Å². The number of aliphatic hydroxyl groups is 1. The Morgan fingerprint density at radius 3 is 2.52 bits per heavy atom. The van der Waals surface area contributed by atoms with Crippen molar-refractivity contribution in [2.24, 2.45) is 0 Å². The van der Waals surface area contributed by atoms with Gasteiger partial charge in [-0.1, -0.05) is 19.3 Å². The molecule has 1 saturated carbocycles. The van der Waals surface area contributed by atoms with Crippen molar-refractivity contribution in [2.75, 3.05) is 13.2 Å². The molecule has 2 N–H and O–H groups in total. The average molecular weight is 333 g/mol. The Morgan fingerprint density at radius 1 is 1.33 bits per heavy atom. The summed E-state index contributed by atoms with van der Waals surface area (Å²) in [4.78, 5) is 10.9. The fraction of sp³-hybridized carbons (Fsp3) is 0.615. The third-order valence-corrected chi connectivity index (χ3v) is 6.69. The van der Waals surface area contributed by atoms with E-state index in [1.54, 1.807) is 0 Å². The summed E-state index contributed by atoms with van der Waals surface area (Å²) in [6.45, 7) is -0.198. The first-order chi connectivity index (χ1) is 9.96. The van der Waals surface area contributed by atoms with Gasteiger partial charge < -0.3 is 10.2 Å². The number of hydrogen-bond donors (Lipinski definition) is 2. The molecule has 1 fully saturated rings. The highest BCUT2D eigenvalue weighted by Gasteiger charge is 2.32. The van der Waals surface area contributed by atoms with Gasteiger partial charge in [-0.2, -0.15) is 4.31 Å². The lowest BCUT2D eigenvalue weighted by Crippen LogP contribution is -2.42. The molecule has 21 heavy (non-hydrogen) atoms. The summed E-state index contributed by atoms with van der Waals surface area (Å²) >= 11 is 0.899. The van der Waals surface area contributed by atoms with E-state index < -0.39 is 16.0 Å².